The number of rotatable bonds is 5. The number of benzene rings is 2. The van der Waals surface area contributed by atoms with Gasteiger partial charge in [0, 0.05) is 23.7 Å². The van der Waals surface area contributed by atoms with E-state index in [2.05, 4.69) is 5.32 Å². The summed E-state index contributed by atoms with van der Waals surface area (Å²) in [5.41, 5.74) is 3.10. The lowest BCUT2D eigenvalue weighted by Gasteiger charge is -2.19. The fourth-order valence-electron chi connectivity index (χ4n) is 3.14. The van der Waals surface area contributed by atoms with Crippen molar-refractivity contribution in [3.05, 3.63) is 57.6 Å². The Morgan fingerprint density at radius 3 is 2.69 bits per heavy atom. The molecule has 1 N–H and O–H groups in total. The summed E-state index contributed by atoms with van der Waals surface area (Å²) in [6.07, 6.45) is 0.0496. The fourth-order valence-corrected chi connectivity index (χ4v) is 3.48. The van der Waals surface area contributed by atoms with Crippen molar-refractivity contribution in [1.82, 2.24) is 0 Å². The molecule has 1 atom stereocenters. The third-order valence-corrected chi connectivity index (χ3v) is 5.23. The van der Waals surface area contributed by atoms with Crippen molar-refractivity contribution in [1.29, 1.82) is 0 Å². The molecule has 1 saturated heterocycles. The zero-order valence-corrected chi connectivity index (χ0v) is 17.5. The lowest BCUT2D eigenvalue weighted by molar-refractivity contribution is -0.151. The third kappa shape index (κ3) is 5.08. The van der Waals surface area contributed by atoms with Crippen molar-refractivity contribution < 1.29 is 19.1 Å². The Labute approximate surface area is 178 Å². The number of halogens is 2. The summed E-state index contributed by atoms with van der Waals surface area (Å²) >= 11 is 11.9. The number of ether oxygens (including phenoxy) is 1. The van der Waals surface area contributed by atoms with Crippen molar-refractivity contribution in [2.24, 2.45) is 5.92 Å². The van der Waals surface area contributed by atoms with Crippen LogP contribution in [0.25, 0.3) is 0 Å². The van der Waals surface area contributed by atoms with Crippen LogP contribution in [0.15, 0.2) is 36.4 Å². The Morgan fingerprint density at radius 2 is 1.93 bits per heavy atom. The van der Waals surface area contributed by atoms with Gasteiger partial charge in [-0.15, -0.1) is 0 Å². The van der Waals surface area contributed by atoms with Crippen LogP contribution in [-0.2, 0) is 19.1 Å². The maximum absolute atomic E-state index is 12.4. The van der Waals surface area contributed by atoms with Crippen molar-refractivity contribution in [3.8, 4) is 0 Å². The first kappa shape index (κ1) is 21.1. The van der Waals surface area contributed by atoms with E-state index >= 15 is 0 Å². The van der Waals surface area contributed by atoms with Crippen molar-refractivity contribution in [2.75, 3.05) is 23.4 Å². The smallest absolute Gasteiger partial charge is 0.311 e. The van der Waals surface area contributed by atoms with Crippen molar-refractivity contribution in [2.45, 2.75) is 20.3 Å². The van der Waals surface area contributed by atoms with E-state index in [-0.39, 0.29) is 18.9 Å². The van der Waals surface area contributed by atoms with E-state index in [1.807, 2.05) is 32.0 Å². The molecule has 0 spiro atoms. The van der Waals surface area contributed by atoms with Gasteiger partial charge in [-0.25, -0.2) is 0 Å². The van der Waals surface area contributed by atoms with Gasteiger partial charge in [-0.1, -0.05) is 35.3 Å². The molecule has 2 amide bonds. The normalized spacial score (nSPS) is 16.1. The van der Waals surface area contributed by atoms with Gasteiger partial charge in [0.1, 0.15) is 0 Å². The Balaban J connectivity index is 1.57. The lowest BCUT2D eigenvalue weighted by atomic mass is 10.1. The topological polar surface area (TPSA) is 75.7 Å². The van der Waals surface area contributed by atoms with Crippen molar-refractivity contribution in [3.63, 3.8) is 0 Å². The number of esters is 1. The average Bonchev–Trinajstić information content (AvgIpc) is 3.06. The van der Waals surface area contributed by atoms with Gasteiger partial charge in [-0.3, -0.25) is 14.4 Å². The van der Waals surface area contributed by atoms with E-state index in [0.29, 0.717) is 15.7 Å². The van der Waals surface area contributed by atoms with Gasteiger partial charge < -0.3 is 15.0 Å². The first-order chi connectivity index (χ1) is 13.7. The molecule has 0 aromatic heterocycles. The molecular formula is C21H20Cl2N2O4. The van der Waals surface area contributed by atoms with E-state index in [4.69, 9.17) is 27.9 Å². The molecule has 0 bridgehead atoms. The highest BCUT2D eigenvalue weighted by atomic mass is 35.5. The van der Waals surface area contributed by atoms with Gasteiger partial charge in [-0.2, -0.15) is 0 Å². The Morgan fingerprint density at radius 1 is 1.17 bits per heavy atom. The molecule has 2 aromatic rings. The average molecular weight is 435 g/mol. The number of carbonyl (C=O) groups is 3. The predicted molar refractivity (Wildman–Crippen MR) is 112 cm³/mol. The molecule has 0 unspecified atom stereocenters. The number of hydrogen-bond donors (Lipinski definition) is 1. The van der Waals surface area contributed by atoms with Gasteiger partial charge in [0.2, 0.25) is 5.91 Å². The van der Waals surface area contributed by atoms with Crippen LogP contribution in [0.2, 0.25) is 10.0 Å². The molecule has 0 radical (unpaired) electrons. The standard InChI is InChI=1S/C21H20Cl2N2O4/c1-12-3-4-13(2)18(7-12)25-10-14(8-20(25)27)21(28)29-11-19(26)24-17-9-15(22)5-6-16(17)23/h3-7,9,14H,8,10-11H2,1-2H3,(H,24,26)/t14-/m1/s1. The van der Waals surface area contributed by atoms with Crippen LogP contribution < -0.4 is 10.2 Å². The summed E-state index contributed by atoms with van der Waals surface area (Å²) < 4.78 is 5.11. The zero-order chi connectivity index (χ0) is 21.1. The number of anilines is 2. The predicted octanol–water partition coefficient (Wildman–Crippen LogP) is 4.15. The van der Waals surface area contributed by atoms with Crippen molar-refractivity contribution >= 4 is 52.4 Å². The minimum atomic E-state index is -0.620. The van der Waals surface area contributed by atoms with Crippen LogP contribution in [0.3, 0.4) is 0 Å². The van der Waals surface area contributed by atoms with Crippen LogP contribution in [0.5, 0.6) is 0 Å². The SMILES string of the molecule is Cc1ccc(C)c(N2C[C@H](C(=O)OCC(=O)Nc3cc(Cl)ccc3Cl)CC2=O)c1. The van der Waals surface area contributed by atoms with Gasteiger partial charge in [-0.05, 0) is 49.2 Å². The molecule has 1 aliphatic rings. The van der Waals surface area contributed by atoms with Crippen LogP contribution in [-0.4, -0.2) is 30.9 Å². The monoisotopic (exact) mass is 434 g/mol. The second-order valence-electron chi connectivity index (χ2n) is 6.98. The maximum Gasteiger partial charge on any atom is 0.311 e. The van der Waals surface area contributed by atoms with E-state index in [9.17, 15) is 14.4 Å². The molecule has 0 aliphatic carbocycles. The zero-order valence-electron chi connectivity index (χ0n) is 16.0. The first-order valence-electron chi connectivity index (χ1n) is 9.03. The second-order valence-corrected chi connectivity index (χ2v) is 7.82. The lowest BCUT2D eigenvalue weighted by Crippen LogP contribution is -2.28. The Kier molecular flexibility index (Phi) is 6.45. The molecular weight excluding hydrogens is 415 g/mol. The number of amides is 2. The summed E-state index contributed by atoms with van der Waals surface area (Å²) in [6, 6.07) is 10.5. The first-order valence-corrected chi connectivity index (χ1v) is 9.79. The summed E-state index contributed by atoms with van der Waals surface area (Å²) in [7, 11) is 0. The molecule has 1 heterocycles. The molecule has 29 heavy (non-hydrogen) atoms. The Bertz CT molecular complexity index is 977. The molecule has 152 valence electrons. The fraction of sp³-hybridized carbons (Fsp3) is 0.286. The van der Waals surface area contributed by atoms with E-state index < -0.39 is 24.4 Å². The van der Waals surface area contributed by atoms with E-state index in [0.717, 1.165) is 16.8 Å². The number of nitrogens with zero attached hydrogens (tertiary/aromatic N) is 1. The summed E-state index contributed by atoms with van der Waals surface area (Å²) in [5.74, 6) is -1.89. The molecule has 3 rings (SSSR count). The van der Waals surface area contributed by atoms with Gasteiger partial charge in [0.05, 0.1) is 16.6 Å². The molecule has 0 saturated carbocycles. The summed E-state index contributed by atoms with van der Waals surface area (Å²) in [6.45, 7) is 3.61. The highest BCUT2D eigenvalue weighted by Crippen LogP contribution is 2.29. The molecule has 6 nitrogen and oxygen atoms in total. The minimum absolute atomic E-state index is 0.0496. The quantitative estimate of drug-likeness (QED) is 0.717. The maximum atomic E-state index is 12.4. The highest BCUT2D eigenvalue weighted by molar-refractivity contribution is 6.35. The highest BCUT2D eigenvalue weighted by Gasteiger charge is 2.36. The molecule has 1 aliphatic heterocycles. The number of nitrogens with one attached hydrogen (secondary N) is 1. The molecule has 2 aromatic carbocycles. The van der Waals surface area contributed by atoms with Crippen LogP contribution in [0.4, 0.5) is 11.4 Å². The number of hydrogen-bond acceptors (Lipinski definition) is 4. The van der Waals surface area contributed by atoms with Gasteiger partial charge >= 0.3 is 5.97 Å². The van der Waals surface area contributed by atoms with Crippen LogP contribution in [0, 0.1) is 19.8 Å². The second kappa shape index (κ2) is 8.84. The molecule has 1 fully saturated rings. The largest absolute Gasteiger partial charge is 0.455 e. The van der Waals surface area contributed by atoms with E-state index in [1.54, 1.807) is 17.0 Å². The summed E-state index contributed by atoms with van der Waals surface area (Å²) in [5, 5.41) is 3.28. The third-order valence-electron chi connectivity index (χ3n) is 4.66. The van der Waals surface area contributed by atoms with Crippen LogP contribution in [0.1, 0.15) is 17.5 Å². The molecule has 8 heteroatoms. The summed E-state index contributed by atoms with van der Waals surface area (Å²) in [4.78, 5) is 38.4. The van der Waals surface area contributed by atoms with Gasteiger partial charge in [0.15, 0.2) is 6.61 Å². The minimum Gasteiger partial charge on any atom is -0.455 e. The number of carbonyl (C=O) groups excluding carboxylic acids is 3. The number of aryl methyl sites for hydroxylation is 2. The van der Waals surface area contributed by atoms with Gasteiger partial charge in [0.25, 0.3) is 5.91 Å². The van der Waals surface area contributed by atoms with E-state index in [1.165, 1.54) is 6.07 Å². The Hall–Kier alpha value is -2.57. The van der Waals surface area contributed by atoms with Crippen LogP contribution >= 0.6 is 23.2 Å².